The Kier molecular flexibility index (Phi) is 5.06. The van der Waals surface area contributed by atoms with Crippen LogP contribution in [0, 0.1) is 0 Å². The molecule has 0 radical (unpaired) electrons. The second kappa shape index (κ2) is 6.43. The van der Waals surface area contributed by atoms with E-state index in [1.807, 2.05) is 14.0 Å². The number of nitrogens with zero attached hydrogens (tertiary/aromatic N) is 2. The molecule has 112 valence electrons. The van der Waals surface area contributed by atoms with Crippen LogP contribution in [0.2, 0.25) is 0 Å². The van der Waals surface area contributed by atoms with Gasteiger partial charge in [-0.25, -0.2) is 8.42 Å². The summed E-state index contributed by atoms with van der Waals surface area (Å²) in [6.07, 6.45) is 0. The van der Waals surface area contributed by atoms with Crippen molar-refractivity contribution in [2.45, 2.75) is 11.8 Å². The Morgan fingerprint density at radius 2 is 1.90 bits per heavy atom. The number of rotatable bonds is 4. The van der Waals surface area contributed by atoms with Crippen LogP contribution in [0.5, 0.6) is 5.75 Å². The van der Waals surface area contributed by atoms with E-state index in [0.717, 1.165) is 13.1 Å². The van der Waals surface area contributed by atoms with Gasteiger partial charge in [0.15, 0.2) is 0 Å². The molecule has 5 nitrogen and oxygen atoms in total. The van der Waals surface area contributed by atoms with E-state index in [-0.39, 0.29) is 0 Å². The molecule has 1 aliphatic heterocycles. The normalized spacial score (nSPS) is 18.1. The first kappa shape index (κ1) is 15.8. The molecule has 0 unspecified atom stereocenters. The van der Waals surface area contributed by atoms with Gasteiger partial charge in [-0.2, -0.15) is 4.31 Å². The van der Waals surface area contributed by atoms with Crippen LogP contribution >= 0.6 is 15.9 Å². The molecule has 0 atom stereocenters. The van der Waals surface area contributed by atoms with Gasteiger partial charge in [0, 0.05) is 26.2 Å². The van der Waals surface area contributed by atoms with Gasteiger partial charge in [0.05, 0.1) is 16.0 Å². The number of hydrogen-bond donors (Lipinski definition) is 0. The zero-order valence-electron chi connectivity index (χ0n) is 11.7. The van der Waals surface area contributed by atoms with E-state index in [4.69, 9.17) is 4.74 Å². The lowest BCUT2D eigenvalue weighted by atomic mass is 10.3. The molecule has 20 heavy (non-hydrogen) atoms. The average molecular weight is 363 g/mol. The van der Waals surface area contributed by atoms with Crippen molar-refractivity contribution in [2.75, 3.05) is 39.8 Å². The Morgan fingerprint density at radius 1 is 1.25 bits per heavy atom. The quantitative estimate of drug-likeness (QED) is 0.819. The van der Waals surface area contributed by atoms with E-state index < -0.39 is 10.0 Å². The van der Waals surface area contributed by atoms with Crippen molar-refractivity contribution in [2.24, 2.45) is 0 Å². The van der Waals surface area contributed by atoms with Gasteiger partial charge in [0.2, 0.25) is 10.0 Å². The van der Waals surface area contributed by atoms with E-state index in [0.29, 0.717) is 34.8 Å². The largest absolute Gasteiger partial charge is 0.493 e. The highest BCUT2D eigenvalue weighted by Crippen LogP contribution is 2.29. The van der Waals surface area contributed by atoms with Crippen molar-refractivity contribution < 1.29 is 13.2 Å². The predicted molar refractivity (Wildman–Crippen MR) is 81.6 cm³/mol. The first-order valence-electron chi connectivity index (χ1n) is 6.56. The van der Waals surface area contributed by atoms with Crippen molar-refractivity contribution >= 4 is 26.0 Å². The molecule has 1 aromatic rings. The van der Waals surface area contributed by atoms with Crippen LogP contribution in [0.3, 0.4) is 0 Å². The third-order valence-electron chi connectivity index (χ3n) is 3.30. The van der Waals surface area contributed by atoms with Crippen LogP contribution in [0.1, 0.15) is 6.92 Å². The molecule has 0 amide bonds. The summed E-state index contributed by atoms with van der Waals surface area (Å²) in [6, 6.07) is 4.90. The van der Waals surface area contributed by atoms with E-state index in [2.05, 4.69) is 20.8 Å². The molecule has 1 aromatic carbocycles. The fourth-order valence-electron chi connectivity index (χ4n) is 2.09. The van der Waals surface area contributed by atoms with E-state index in [1.165, 1.54) is 4.31 Å². The third-order valence-corrected chi connectivity index (χ3v) is 5.82. The molecule has 1 saturated heterocycles. The van der Waals surface area contributed by atoms with Crippen LogP contribution in [0.25, 0.3) is 0 Å². The molecular weight excluding hydrogens is 344 g/mol. The maximum atomic E-state index is 12.6. The molecule has 7 heteroatoms. The highest BCUT2D eigenvalue weighted by molar-refractivity contribution is 9.10. The fraction of sp³-hybridized carbons (Fsp3) is 0.538. The van der Waals surface area contributed by atoms with E-state index >= 15 is 0 Å². The highest BCUT2D eigenvalue weighted by Gasteiger charge is 2.27. The van der Waals surface area contributed by atoms with Crippen LogP contribution in [0.4, 0.5) is 0 Å². The predicted octanol–water partition coefficient (Wildman–Crippen LogP) is 1.78. The van der Waals surface area contributed by atoms with Crippen molar-refractivity contribution in [3.05, 3.63) is 22.7 Å². The maximum Gasteiger partial charge on any atom is 0.243 e. The van der Waals surface area contributed by atoms with Crippen LogP contribution in [-0.2, 0) is 10.0 Å². The summed E-state index contributed by atoms with van der Waals surface area (Å²) in [4.78, 5) is 2.43. The van der Waals surface area contributed by atoms with Gasteiger partial charge < -0.3 is 9.64 Å². The molecular formula is C13H19BrN2O3S. The van der Waals surface area contributed by atoms with Gasteiger partial charge in [-0.1, -0.05) is 0 Å². The Morgan fingerprint density at radius 3 is 2.45 bits per heavy atom. The Bertz CT molecular complexity index is 569. The van der Waals surface area contributed by atoms with Crippen molar-refractivity contribution in [3.63, 3.8) is 0 Å². The maximum absolute atomic E-state index is 12.6. The summed E-state index contributed by atoms with van der Waals surface area (Å²) in [5, 5.41) is 0. The van der Waals surface area contributed by atoms with E-state index in [1.54, 1.807) is 18.2 Å². The standard InChI is InChI=1S/C13H19BrN2O3S/c1-3-19-13-5-4-11(10-12(13)14)20(17,18)16-8-6-15(2)7-9-16/h4-5,10H,3,6-9H2,1-2H3. The van der Waals surface area contributed by atoms with Crippen molar-refractivity contribution in [3.8, 4) is 5.75 Å². The number of hydrogen-bond acceptors (Lipinski definition) is 4. The molecule has 1 aliphatic rings. The summed E-state index contributed by atoms with van der Waals surface area (Å²) in [6.45, 7) is 5.02. The minimum absolute atomic E-state index is 0.303. The minimum Gasteiger partial charge on any atom is -0.493 e. The van der Waals surface area contributed by atoms with Gasteiger partial charge >= 0.3 is 0 Å². The number of ether oxygens (including phenoxy) is 1. The first-order valence-corrected chi connectivity index (χ1v) is 8.79. The smallest absolute Gasteiger partial charge is 0.243 e. The molecule has 0 N–H and O–H groups in total. The molecule has 0 saturated carbocycles. The zero-order chi connectivity index (χ0) is 14.8. The van der Waals surface area contributed by atoms with Gasteiger partial charge in [0.1, 0.15) is 5.75 Å². The Balaban J connectivity index is 2.23. The fourth-order valence-corrected chi connectivity index (χ4v) is 4.19. The number of sulfonamides is 1. The highest BCUT2D eigenvalue weighted by atomic mass is 79.9. The topological polar surface area (TPSA) is 49.9 Å². The van der Waals surface area contributed by atoms with Gasteiger partial charge in [0.25, 0.3) is 0 Å². The molecule has 0 aromatic heterocycles. The number of piperazine rings is 1. The van der Waals surface area contributed by atoms with Gasteiger partial charge in [-0.3, -0.25) is 0 Å². The number of likely N-dealkylation sites (N-methyl/N-ethyl adjacent to an activating group) is 1. The Labute approximate surface area is 128 Å². The average Bonchev–Trinajstić information content (AvgIpc) is 2.41. The second-order valence-electron chi connectivity index (χ2n) is 4.73. The number of benzene rings is 1. The van der Waals surface area contributed by atoms with Gasteiger partial charge in [-0.15, -0.1) is 0 Å². The summed E-state index contributed by atoms with van der Waals surface area (Å²) in [7, 11) is -1.42. The molecule has 0 aliphatic carbocycles. The zero-order valence-corrected chi connectivity index (χ0v) is 14.1. The minimum atomic E-state index is -3.42. The summed E-state index contributed by atoms with van der Waals surface area (Å²) < 4.78 is 32.7. The monoisotopic (exact) mass is 362 g/mol. The lowest BCUT2D eigenvalue weighted by Gasteiger charge is -2.31. The molecule has 1 fully saturated rings. The van der Waals surface area contributed by atoms with Crippen LogP contribution in [-0.4, -0.2) is 57.5 Å². The summed E-state index contributed by atoms with van der Waals surface area (Å²) >= 11 is 3.36. The van der Waals surface area contributed by atoms with Crippen LogP contribution < -0.4 is 4.74 Å². The lowest BCUT2D eigenvalue weighted by Crippen LogP contribution is -2.47. The molecule has 0 spiro atoms. The molecule has 1 heterocycles. The second-order valence-corrected chi connectivity index (χ2v) is 7.52. The number of halogens is 1. The lowest BCUT2D eigenvalue weighted by molar-refractivity contribution is 0.222. The molecule has 2 rings (SSSR count). The Hall–Kier alpha value is -0.630. The van der Waals surface area contributed by atoms with E-state index in [9.17, 15) is 8.42 Å². The first-order chi connectivity index (χ1) is 9.45. The van der Waals surface area contributed by atoms with Crippen molar-refractivity contribution in [1.29, 1.82) is 0 Å². The SMILES string of the molecule is CCOc1ccc(S(=O)(=O)N2CCN(C)CC2)cc1Br. The summed E-state index contributed by atoms with van der Waals surface area (Å²) in [5.74, 6) is 0.657. The third kappa shape index (κ3) is 3.33. The van der Waals surface area contributed by atoms with Crippen molar-refractivity contribution in [1.82, 2.24) is 9.21 Å². The van der Waals surface area contributed by atoms with Gasteiger partial charge in [-0.05, 0) is 48.1 Å². The summed E-state index contributed by atoms with van der Waals surface area (Å²) in [5.41, 5.74) is 0. The molecule has 0 bridgehead atoms. The van der Waals surface area contributed by atoms with Crippen LogP contribution in [0.15, 0.2) is 27.6 Å².